The Morgan fingerprint density at radius 2 is 0.681 bits per heavy atom. The fourth-order valence-corrected chi connectivity index (χ4v) is 29.3. The molecule has 6 heteroatoms. The van der Waals surface area contributed by atoms with Crippen molar-refractivity contribution in [1.29, 1.82) is 0 Å². The zero-order valence-corrected chi connectivity index (χ0v) is 33.8. The summed E-state index contributed by atoms with van der Waals surface area (Å²) in [6, 6.07) is 19.6. The maximum Gasteiger partial charge on any atom is 0 e. The van der Waals surface area contributed by atoms with E-state index in [-0.39, 0.29) is 19.5 Å². The van der Waals surface area contributed by atoms with Gasteiger partial charge in [0.05, 0.1) is 0 Å². The number of hydrogen-bond acceptors (Lipinski definition) is 3. The predicted molar refractivity (Wildman–Crippen MR) is 210 cm³/mol. The molecule has 0 atom stereocenters. The van der Waals surface area contributed by atoms with Crippen LogP contribution < -0.4 is 20.4 Å². The van der Waals surface area contributed by atoms with Crippen LogP contribution in [0.1, 0.15) is 128 Å². The number of anilines is 2. The van der Waals surface area contributed by atoms with E-state index < -0.39 is 14.5 Å². The Morgan fingerprint density at radius 3 is 0.894 bits per heavy atom. The normalized spacial score (nSPS) is 21.9. The van der Waals surface area contributed by atoms with Crippen molar-refractivity contribution >= 4 is 41.8 Å². The Kier molecular flexibility index (Phi) is 13.5. The first-order valence-corrected chi connectivity index (χ1v) is 23.8. The molecule has 3 nitrogen and oxygen atoms in total. The summed E-state index contributed by atoms with van der Waals surface area (Å²) in [5, 5.41) is 4.03. The molecule has 0 unspecified atom stereocenters. The molecule has 0 spiro atoms. The van der Waals surface area contributed by atoms with Gasteiger partial charge in [0.1, 0.15) is 0 Å². The summed E-state index contributed by atoms with van der Waals surface area (Å²) >= 11 is 0. The summed E-state index contributed by atoms with van der Waals surface area (Å²) in [6.45, 7) is 0. The van der Waals surface area contributed by atoms with Crippen LogP contribution in [0.3, 0.4) is 0 Å². The molecule has 4 fully saturated rings. The molecule has 4 saturated carbocycles. The van der Waals surface area contributed by atoms with Crippen LogP contribution in [-0.2, 0) is 19.5 Å². The Bertz CT molecular complexity index is 1120. The van der Waals surface area contributed by atoms with E-state index in [1.165, 1.54) is 150 Å². The molecule has 2 aromatic carbocycles. The first kappa shape index (κ1) is 37.4. The second kappa shape index (κ2) is 16.9. The van der Waals surface area contributed by atoms with Crippen molar-refractivity contribution in [2.45, 2.75) is 151 Å². The van der Waals surface area contributed by atoms with Crippen LogP contribution in [0, 0.1) is 0 Å². The number of nitrogens with zero attached hydrogens (tertiary/aromatic N) is 2. The Morgan fingerprint density at radius 1 is 0.447 bits per heavy atom. The summed E-state index contributed by atoms with van der Waals surface area (Å²) in [6.07, 6.45) is 26.4. The topological polar surface area (TPSA) is 23.6 Å². The molecular formula is C41H66N2OP2Rh. The van der Waals surface area contributed by atoms with Crippen LogP contribution in [-0.4, -0.2) is 56.1 Å². The third kappa shape index (κ3) is 7.34. The maximum atomic E-state index is 17.2. The molecule has 6 rings (SSSR count). The van der Waals surface area contributed by atoms with Crippen molar-refractivity contribution < 1.29 is 24.3 Å². The SMILES string of the molecule is CN(C)c1ccc([PH](C(=O)[PH](c2ccc(N(C)C)cc2)(C2CCCCC2)C2CCCCC2)(C2CCCCC2)C2CCCCC2)cc1.[Rh]. The first-order valence-electron chi connectivity index (χ1n) is 19.5. The molecule has 0 aliphatic heterocycles. The fraction of sp³-hybridized carbons (Fsp3) is 0.683. The Hall–Kier alpha value is -0.807. The van der Waals surface area contributed by atoms with Gasteiger partial charge in [-0.05, 0) is 0 Å². The smallest absolute Gasteiger partial charge is 0 e. The Balaban J connectivity index is 0.00000433. The molecule has 4 aliphatic carbocycles. The van der Waals surface area contributed by atoms with E-state index in [0.29, 0.717) is 22.6 Å². The van der Waals surface area contributed by atoms with E-state index >= 15 is 4.79 Å². The van der Waals surface area contributed by atoms with Gasteiger partial charge in [0.25, 0.3) is 0 Å². The van der Waals surface area contributed by atoms with E-state index in [9.17, 15) is 0 Å². The average molecular weight is 768 g/mol. The molecule has 0 N–H and O–H groups in total. The molecule has 4 aliphatic rings. The van der Waals surface area contributed by atoms with Crippen molar-refractivity contribution in [3.05, 3.63) is 48.5 Å². The molecule has 0 bridgehead atoms. The van der Waals surface area contributed by atoms with Crippen molar-refractivity contribution in [2.24, 2.45) is 0 Å². The summed E-state index contributed by atoms with van der Waals surface area (Å²) in [4.78, 5) is 21.7. The van der Waals surface area contributed by atoms with E-state index in [1.807, 2.05) is 0 Å². The summed E-state index contributed by atoms with van der Waals surface area (Å²) in [7, 11) is 3.33. The largest absolute Gasteiger partial charge is 0 e. The van der Waals surface area contributed by atoms with E-state index in [2.05, 4.69) is 86.5 Å². The van der Waals surface area contributed by atoms with E-state index in [4.69, 9.17) is 0 Å². The fourth-order valence-electron chi connectivity index (χ4n) is 11.3. The van der Waals surface area contributed by atoms with Crippen LogP contribution in [0.4, 0.5) is 16.2 Å². The van der Waals surface area contributed by atoms with E-state index in [0.717, 1.165) is 5.27 Å². The number of carbonyl (C=O) groups excluding carboxylic acids is 1. The molecule has 0 amide bonds. The van der Waals surface area contributed by atoms with Gasteiger partial charge >= 0.3 is 284 Å². The molecular weight excluding hydrogens is 701 g/mol. The number of carbonyl (C=O) groups is 1. The third-order valence-corrected chi connectivity index (χ3v) is 27.5. The molecule has 0 saturated heterocycles. The van der Waals surface area contributed by atoms with Crippen LogP contribution in [0.25, 0.3) is 0 Å². The average Bonchev–Trinajstić information content (AvgIpc) is 3.11. The Labute approximate surface area is 302 Å². The van der Waals surface area contributed by atoms with Crippen LogP contribution >= 0.6 is 14.5 Å². The second-order valence-corrected chi connectivity index (χ2v) is 25.6. The van der Waals surface area contributed by atoms with Crippen LogP contribution in [0.5, 0.6) is 0 Å². The van der Waals surface area contributed by atoms with Gasteiger partial charge < -0.3 is 0 Å². The third-order valence-electron chi connectivity index (χ3n) is 13.5. The molecule has 0 heterocycles. The van der Waals surface area contributed by atoms with Gasteiger partial charge in [-0.25, -0.2) is 0 Å². The number of benzene rings is 2. The van der Waals surface area contributed by atoms with Gasteiger partial charge in [-0.15, -0.1) is 0 Å². The summed E-state index contributed by atoms with van der Waals surface area (Å²) in [5.74, 6) is 0. The molecule has 1 radical (unpaired) electrons. The van der Waals surface area contributed by atoms with Crippen LogP contribution in [0.2, 0.25) is 0 Å². The van der Waals surface area contributed by atoms with Crippen molar-refractivity contribution in [3.8, 4) is 0 Å². The minimum absolute atomic E-state index is 0. The molecule has 2 aromatic rings. The molecule has 265 valence electrons. The molecule has 0 aromatic heterocycles. The van der Waals surface area contributed by atoms with E-state index in [1.54, 1.807) is 0 Å². The number of hydrogen-bond donors (Lipinski definition) is 0. The minimum atomic E-state index is -2.66. The first-order chi connectivity index (χ1) is 22.4. The monoisotopic (exact) mass is 767 g/mol. The quantitative estimate of drug-likeness (QED) is 0.178. The van der Waals surface area contributed by atoms with Crippen LogP contribution in [0.15, 0.2) is 48.5 Å². The maximum absolute atomic E-state index is 17.2. The minimum Gasteiger partial charge on any atom is 0 e. The zero-order valence-electron chi connectivity index (χ0n) is 30.2. The van der Waals surface area contributed by atoms with Gasteiger partial charge in [-0.3, -0.25) is 0 Å². The van der Waals surface area contributed by atoms with Gasteiger partial charge in [0.2, 0.25) is 0 Å². The second-order valence-electron chi connectivity index (χ2n) is 16.3. The standard InChI is InChI=1S/C41H66N2OP2.Rh/c1-42(2)33-25-29-39(30-26-33)45(35-17-9-5-10-18-35,36-19-11-6-12-20-36)41(44)46(37-21-13-7-14-22-37,38-23-15-8-16-24-38)40-31-27-34(28-32-40)43(3)4;/h25-32,35-38,45-46H,5-24H2,1-4H3;. The van der Waals surface area contributed by atoms with Crippen molar-refractivity contribution in [1.82, 2.24) is 0 Å². The van der Waals surface area contributed by atoms with Crippen molar-refractivity contribution in [3.63, 3.8) is 0 Å². The van der Waals surface area contributed by atoms with Gasteiger partial charge in [0, 0.05) is 19.5 Å². The van der Waals surface area contributed by atoms with Crippen molar-refractivity contribution in [2.75, 3.05) is 38.0 Å². The van der Waals surface area contributed by atoms with Gasteiger partial charge in [-0.2, -0.15) is 0 Å². The molecule has 47 heavy (non-hydrogen) atoms. The van der Waals surface area contributed by atoms with Gasteiger partial charge in [0.15, 0.2) is 0 Å². The van der Waals surface area contributed by atoms with Gasteiger partial charge in [-0.1, -0.05) is 0 Å². The predicted octanol–water partition coefficient (Wildman–Crippen LogP) is 10.7. The summed E-state index contributed by atoms with van der Waals surface area (Å²) < 4.78 is 0. The number of rotatable bonds is 10. The summed E-state index contributed by atoms with van der Waals surface area (Å²) in [5.41, 5.74) is 5.00. The zero-order chi connectivity index (χ0) is 32.1.